The number of H-pyrrole nitrogens is 1. The Morgan fingerprint density at radius 3 is 2.75 bits per heavy atom. The van der Waals surface area contributed by atoms with Crippen LogP contribution in [0.4, 0.5) is 5.69 Å². The minimum absolute atomic E-state index is 0.0526. The number of aromatic amines is 1. The van der Waals surface area contributed by atoms with Crippen molar-refractivity contribution in [2.45, 2.75) is 6.92 Å². The second kappa shape index (κ2) is 3.98. The SMILES string of the molecule is Cc1cc(-c2cccc(Cl)c2[N+](=O)[O-])c[nH]1. The van der Waals surface area contributed by atoms with E-state index in [4.69, 9.17) is 11.6 Å². The van der Waals surface area contributed by atoms with Gasteiger partial charge in [-0.05, 0) is 25.1 Å². The molecular formula is C11H9ClN2O2. The summed E-state index contributed by atoms with van der Waals surface area (Å²) in [5, 5.41) is 11.1. The number of rotatable bonds is 2. The van der Waals surface area contributed by atoms with Gasteiger partial charge in [-0.1, -0.05) is 17.7 Å². The highest BCUT2D eigenvalue weighted by molar-refractivity contribution is 6.33. The van der Waals surface area contributed by atoms with Gasteiger partial charge in [0.05, 0.1) is 10.5 Å². The zero-order chi connectivity index (χ0) is 11.7. The third kappa shape index (κ3) is 1.79. The van der Waals surface area contributed by atoms with Crippen LogP contribution in [0.25, 0.3) is 11.1 Å². The smallest absolute Gasteiger partial charge is 0.295 e. The summed E-state index contributed by atoms with van der Waals surface area (Å²) in [5.74, 6) is 0. The molecule has 2 aromatic rings. The first kappa shape index (κ1) is 10.7. The molecule has 0 fully saturated rings. The van der Waals surface area contributed by atoms with Crippen molar-refractivity contribution in [1.82, 2.24) is 4.98 Å². The van der Waals surface area contributed by atoms with Crippen molar-refractivity contribution in [2.24, 2.45) is 0 Å². The van der Waals surface area contributed by atoms with Crippen LogP contribution in [0.3, 0.4) is 0 Å². The summed E-state index contributed by atoms with van der Waals surface area (Å²) in [7, 11) is 0. The molecule has 0 bridgehead atoms. The number of aromatic nitrogens is 1. The molecule has 2 rings (SSSR count). The lowest BCUT2D eigenvalue weighted by atomic mass is 10.1. The lowest BCUT2D eigenvalue weighted by Crippen LogP contribution is -1.92. The number of hydrogen-bond donors (Lipinski definition) is 1. The van der Waals surface area contributed by atoms with Crippen molar-refractivity contribution in [2.75, 3.05) is 0 Å². The van der Waals surface area contributed by atoms with Gasteiger partial charge in [0.1, 0.15) is 5.02 Å². The molecule has 1 aromatic carbocycles. The van der Waals surface area contributed by atoms with E-state index in [1.54, 1.807) is 18.3 Å². The van der Waals surface area contributed by atoms with E-state index >= 15 is 0 Å². The average Bonchev–Trinajstić information content (AvgIpc) is 2.63. The molecule has 82 valence electrons. The first-order chi connectivity index (χ1) is 7.59. The van der Waals surface area contributed by atoms with Gasteiger partial charge >= 0.3 is 0 Å². The number of benzene rings is 1. The van der Waals surface area contributed by atoms with Crippen molar-refractivity contribution in [1.29, 1.82) is 0 Å². The Balaban J connectivity index is 2.65. The van der Waals surface area contributed by atoms with Crippen molar-refractivity contribution >= 4 is 17.3 Å². The van der Waals surface area contributed by atoms with Gasteiger partial charge in [-0.3, -0.25) is 10.1 Å². The zero-order valence-corrected chi connectivity index (χ0v) is 9.28. The number of hydrogen-bond acceptors (Lipinski definition) is 2. The van der Waals surface area contributed by atoms with Gasteiger partial charge in [0, 0.05) is 17.5 Å². The van der Waals surface area contributed by atoms with Crippen molar-refractivity contribution < 1.29 is 4.92 Å². The van der Waals surface area contributed by atoms with Gasteiger partial charge in [0.25, 0.3) is 5.69 Å². The number of nitrogens with zero attached hydrogens (tertiary/aromatic N) is 1. The number of aryl methyl sites for hydroxylation is 1. The van der Waals surface area contributed by atoms with Crippen LogP contribution in [0.2, 0.25) is 5.02 Å². The van der Waals surface area contributed by atoms with Gasteiger partial charge in [0.15, 0.2) is 0 Å². The molecule has 0 unspecified atom stereocenters. The van der Waals surface area contributed by atoms with E-state index in [0.717, 1.165) is 11.3 Å². The van der Waals surface area contributed by atoms with E-state index in [9.17, 15) is 10.1 Å². The lowest BCUT2D eigenvalue weighted by molar-refractivity contribution is -0.384. The van der Waals surface area contributed by atoms with Crippen LogP contribution in [-0.2, 0) is 0 Å². The number of nitro benzene ring substituents is 1. The molecule has 0 aliphatic carbocycles. The molecule has 1 heterocycles. The van der Waals surface area contributed by atoms with Crippen LogP contribution in [0, 0.1) is 17.0 Å². The molecule has 1 N–H and O–H groups in total. The maximum absolute atomic E-state index is 10.9. The zero-order valence-electron chi connectivity index (χ0n) is 8.53. The molecule has 0 atom stereocenters. The Hall–Kier alpha value is -1.81. The summed E-state index contributed by atoms with van der Waals surface area (Å²) in [5.41, 5.74) is 2.20. The molecule has 0 aliphatic heterocycles. The van der Waals surface area contributed by atoms with Gasteiger partial charge in [0.2, 0.25) is 0 Å². The summed E-state index contributed by atoms with van der Waals surface area (Å²) in [6, 6.07) is 6.75. The molecule has 5 heteroatoms. The topological polar surface area (TPSA) is 58.9 Å². The predicted molar refractivity (Wildman–Crippen MR) is 62.6 cm³/mol. The van der Waals surface area contributed by atoms with Gasteiger partial charge in [-0.2, -0.15) is 0 Å². The largest absolute Gasteiger partial charge is 0.365 e. The van der Waals surface area contributed by atoms with Crippen LogP contribution in [-0.4, -0.2) is 9.91 Å². The minimum atomic E-state index is -0.458. The maximum atomic E-state index is 10.9. The predicted octanol–water partition coefficient (Wildman–Crippen LogP) is 3.55. The number of nitrogens with one attached hydrogen (secondary N) is 1. The van der Waals surface area contributed by atoms with E-state index in [0.29, 0.717) is 5.56 Å². The number of para-hydroxylation sites is 1. The van der Waals surface area contributed by atoms with E-state index < -0.39 is 4.92 Å². The Morgan fingerprint density at radius 1 is 1.44 bits per heavy atom. The van der Waals surface area contributed by atoms with Gasteiger partial charge in [-0.25, -0.2) is 0 Å². The molecule has 0 aliphatic rings. The molecule has 0 radical (unpaired) electrons. The molecule has 4 nitrogen and oxygen atoms in total. The quantitative estimate of drug-likeness (QED) is 0.640. The van der Waals surface area contributed by atoms with E-state index in [-0.39, 0.29) is 10.7 Å². The second-order valence-electron chi connectivity index (χ2n) is 3.46. The second-order valence-corrected chi connectivity index (χ2v) is 3.87. The molecule has 0 amide bonds. The van der Waals surface area contributed by atoms with Crippen LogP contribution >= 0.6 is 11.6 Å². The van der Waals surface area contributed by atoms with Crippen LogP contribution in [0.15, 0.2) is 30.5 Å². The van der Waals surface area contributed by atoms with Crippen molar-refractivity contribution in [3.8, 4) is 11.1 Å². The van der Waals surface area contributed by atoms with Crippen molar-refractivity contribution in [3.63, 3.8) is 0 Å². The standard InChI is InChI=1S/C11H9ClN2O2/c1-7-5-8(6-13-7)9-3-2-4-10(12)11(9)14(15)16/h2-6,13H,1H3. The summed E-state index contributed by atoms with van der Waals surface area (Å²) < 4.78 is 0. The highest BCUT2D eigenvalue weighted by Crippen LogP contribution is 2.35. The van der Waals surface area contributed by atoms with E-state index in [1.807, 2.05) is 13.0 Å². The van der Waals surface area contributed by atoms with Gasteiger partial charge in [-0.15, -0.1) is 0 Å². The molecule has 0 saturated carbocycles. The normalized spacial score (nSPS) is 10.4. The molecule has 0 spiro atoms. The van der Waals surface area contributed by atoms with Crippen LogP contribution in [0.1, 0.15) is 5.69 Å². The summed E-state index contributed by atoms with van der Waals surface area (Å²) in [6.45, 7) is 1.89. The number of halogens is 1. The highest BCUT2D eigenvalue weighted by Gasteiger charge is 2.19. The molecule has 0 saturated heterocycles. The number of nitro groups is 1. The summed E-state index contributed by atoms with van der Waals surface area (Å²) in [6.07, 6.45) is 1.73. The monoisotopic (exact) mass is 236 g/mol. The Bertz CT molecular complexity index is 549. The lowest BCUT2D eigenvalue weighted by Gasteiger charge is -2.01. The Kier molecular flexibility index (Phi) is 2.66. The fourth-order valence-corrected chi connectivity index (χ4v) is 1.84. The molecular weight excluding hydrogens is 228 g/mol. The Labute approximate surface area is 97.0 Å². The fourth-order valence-electron chi connectivity index (χ4n) is 1.60. The fraction of sp³-hybridized carbons (Fsp3) is 0.0909. The third-order valence-corrected chi connectivity index (χ3v) is 2.61. The van der Waals surface area contributed by atoms with E-state index in [2.05, 4.69) is 4.98 Å². The van der Waals surface area contributed by atoms with Crippen LogP contribution in [0.5, 0.6) is 0 Å². The highest BCUT2D eigenvalue weighted by atomic mass is 35.5. The minimum Gasteiger partial charge on any atom is -0.365 e. The summed E-state index contributed by atoms with van der Waals surface area (Å²) >= 11 is 5.83. The Morgan fingerprint density at radius 2 is 2.19 bits per heavy atom. The third-order valence-electron chi connectivity index (χ3n) is 2.31. The van der Waals surface area contributed by atoms with Crippen LogP contribution < -0.4 is 0 Å². The first-order valence-electron chi connectivity index (χ1n) is 4.68. The molecule has 1 aromatic heterocycles. The maximum Gasteiger partial charge on any atom is 0.295 e. The molecule has 16 heavy (non-hydrogen) atoms. The van der Waals surface area contributed by atoms with Crippen molar-refractivity contribution in [3.05, 3.63) is 51.3 Å². The average molecular weight is 237 g/mol. The van der Waals surface area contributed by atoms with E-state index in [1.165, 1.54) is 6.07 Å². The summed E-state index contributed by atoms with van der Waals surface area (Å²) in [4.78, 5) is 13.5. The van der Waals surface area contributed by atoms with Gasteiger partial charge < -0.3 is 4.98 Å². The first-order valence-corrected chi connectivity index (χ1v) is 5.05.